The van der Waals surface area contributed by atoms with Gasteiger partial charge in [-0.3, -0.25) is 19.8 Å². The van der Waals surface area contributed by atoms with E-state index in [2.05, 4.69) is 30.7 Å². The molecule has 0 aliphatic carbocycles. The second-order valence-corrected chi connectivity index (χ2v) is 14.0. The van der Waals surface area contributed by atoms with E-state index < -0.39 is 42.7 Å². The van der Waals surface area contributed by atoms with Crippen LogP contribution in [0.3, 0.4) is 0 Å². The first-order chi connectivity index (χ1) is 24.5. The van der Waals surface area contributed by atoms with Crippen LogP contribution >= 0.6 is 0 Å². The summed E-state index contributed by atoms with van der Waals surface area (Å²) in [7, 11) is -7.97. The van der Waals surface area contributed by atoms with Crippen LogP contribution in [0.2, 0.25) is 0 Å². The van der Waals surface area contributed by atoms with Gasteiger partial charge in [0.15, 0.2) is 11.4 Å². The molecule has 18 nitrogen and oxygen atoms in total. The summed E-state index contributed by atoms with van der Waals surface area (Å²) in [6, 6.07) is 24.0. The predicted octanol–water partition coefficient (Wildman–Crippen LogP) is -2.77. The van der Waals surface area contributed by atoms with E-state index in [1.807, 2.05) is 12.1 Å². The summed E-state index contributed by atoms with van der Waals surface area (Å²) in [5.41, 5.74) is 0.759. The molecule has 0 amide bonds. The minimum Gasteiger partial charge on any atom is -0.871 e. The number of aromatic nitrogens is 4. The quantitative estimate of drug-likeness (QED) is 0.0916. The van der Waals surface area contributed by atoms with Gasteiger partial charge in [0.05, 0.1) is 43.9 Å². The van der Waals surface area contributed by atoms with Gasteiger partial charge < -0.3 is 10.2 Å². The van der Waals surface area contributed by atoms with Gasteiger partial charge in [-0.1, -0.05) is 60.0 Å². The Bertz CT molecular complexity index is 2500. The molecule has 0 bridgehead atoms. The van der Waals surface area contributed by atoms with Crippen LogP contribution in [0.25, 0.3) is 11.4 Å². The molecule has 1 radical (unpaired) electrons. The number of azo groups is 2. The summed E-state index contributed by atoms with van der Waals surface area (Å²) in [5.74, 6) is -1.09. The Morgan fingerprint density at radius 3 is 1.20 bits per heavy atom. The Kier molecular flexibility index (Phi) is 16.9. The summed E-state index contributed by atoms with van der Waals surface area (Å²) in [6.45, 7) is 3.27. The number of sulfonamides is 2. The molecule has 6 rings (SSSR count). The Hall–Kier alpha value is -3.97. The van der Waals surface area contributed by atoms with Crippen LogP contribution in [0.15, 0.2) is 137 Å². The summed E-state index contributed by atoms with van der Waals surface area (Å²) >= 11 is 0. The van der Waals surface area contributed by atoms with Crippen molar-refractivity contribution in [2.24, 2.45) is 30.7 Å². The van der Waals surface area contributed by atoms with Gasteiger partial charge >= 0.3 is 75.9 Å². The fourth-order valence-corrected chi connectivity index (χ4v) is 5.61. The zero-order chi connectivity index (χ0) is 37.8. The Morgan fingerprint density at radius 2 is 0.891 bits per heavy atom. The van der Waals surface area contributed by atoms with Crippen molar-refractivity contribution in [2.45, 2.75) is 23.6 Å². The maximum absolute atomic E-state index is 12.5. The van der Waals surface area contributed by atoms with Crippen LogP contribution in [0.4, 0.5) is 22.7 Å². The van der Waals surface area contributed by atoms with Crippen molar-refractivity contribution in [1.29, 1.82) is 0 Å². The van der Waals surface area contributed by atoms with E-state index in [9.17, 15) is 36.6 Å². The van der Waals surface area contributed by atoms with Gasteiger partial charge in [-0.25, -0.2) is 36.5 Å². The van der Waals surface area contributed by atoms with Crippen molar-refractivity contribution in [2.75, 3.05) is 0 Å². The molecule has 55 heavy (non-hydrogen) atoms. The number of nitrogens with two attached hydrogens (primary N) is 2. The summed E-state index contributed by atoms with van der Waals surface area (Å²) in [5, 5.41) is 54.6. The van der Waals surface area contributed by atoms with Gasteiger partial charge in [-0.15, -0.1) is 10.2 Å². The number of aryl methyl sites for hydroxylation is 2. The first kappa shape index (κ1) is 47.2. The van der Waals surface area contributed by atoms with Crippen LogP contribution in [0.5, 0.6) is 11.5 Å². The molecule has 0 unspecified atom stereocenters. The maximum atomic E-state index is 12.5. The summed E-state index contributed by atoms with van der Waals surface area (Å²) in [4.78, 5) is 24.5. The fourth-order valence-electron chi connectivity index (χ4n) is 4.54. The topological polar surface area (TPSA) is 291 Å². The SMILES string of the molecule is Cc1[nH]n(-c2ccccc2)c(=O)c1N=Nc1cc(S(N)(=O)=O)ccc1[O-].Cc1[nH]n(-c2ccccc2)c(=O)c1N=Nc1cc(S(N)(=O)=O)ccc1[O-].[Co+2].[Na+].[Na+]. The van der Waals surface area contributed by atoms with E-state index in [1.54, 1.807) is 62.4 Å². The molecule has 0 saturated heterocycles. The van der Waals surface area contributed by atoms with E-state index >= 15 is 0 Å². The average molecular weight is 850 g/mol. The number of hydrogen-bond acceptors (Lipinski definition) is 12. The van der Waals surface area contributed by atoms with Gasteiger partial charge in [0, 0.05) is 0 Å². The number of hydrogen-bond donors (Lipinski definition) is 4. The van der Waals surface area contributed by atoms with E-state index in [4.69, 9.17) is 10.3 Å². The number of primary sulfonamides is 2. The van der Waals surface area contributed by atoms with Crippen molar-refractivity contribution in [3.63, 3.8) is 0 Å². The monoisotopic (exact) mass is 849 g/mol. The average Bonchev–Trinajstić information content (AvgIpc) is 3.56. The van der Waals surface area contributed by atoms with Crippen molar-refractivity contribution < 1.29 is 103 Å². The van der Waals surface area contributed by atoms with Gasteiger partial charge in [0.1, 0.15) is 0 Å². The Morgan fingerprint density at radius 1 is 0.564 bits per heavy atom. The molecule has 6 N–H and O–H groups in total. The normalized spacial score (nSPS) is 11.3. The molecule has 6 aromatic rings. The molecule has 0 aliphatic rings. The third-order valence-electron chi connectivity index (χ3n) is 7.14. The second kappa shape index (κ2) is 19.8. The number of benzene rings is 4. The molecule has 0 saturated carbocycles. The number of nitrogens with zero attached hydrogens (tertiary/aromatic N) is 6. The molecular formula is C32H28CoN10Na2O8S2+2. The van der Waals surface area contributed by atoms with Crippen LogP contribution in [0, 0.1) is 13.8 Å². The number of rotatable bonds is 8. The minimum absolute atomic E-state index is 0. The number of para-hydroxylation sites is 2. The molecule has 0 atom stereocenters. The smallest absolute Gasteiger partial charge is 0.871 e. The third-order valence-corrected chi connectivity index (χ3v) is 8.96. The van der Waals surface area contributed by atoms with Crippen molar-refractivity contribution in [3.8, 4) is 22.9 Å². The second-order valence-electron chi connectivity index (χ2n) is 10.9. The van der Waals surface area contributed by atoms with Crippen LogP contribution in [-0.2, 0) is 36.8 Å². The van der Waals surface area contributed by atoms with Gasteiger partial charge in [0.25, 0.3) is 11.1 Å². The fraction of sp³-hybridized carbons (Fsp3) is 0.0625. The molecule has 275 valence electrons. The summed E-state index contributed by atoms with van der Waals surface area (Å²) in [6.07, 6.45) is 0. The Labute approximate surface area is 368 Å². The number of aromatic amines is 2. The van der Waals surface area contributed by atoms with E-state index in [-0.39, 0.29) is 108 Å². The molecule has 0 fully saturated rings. The van der Waals surface area contributed by atoms with Crippen molar-refractivity contribution >= 4 is 42.8 Å². The van der Waals surface area contributed by atoms with Gasteiger partial charge in [0.2, 0.25) is 20.0 Å². The van der Waals surface area contributed by atoms with Gasteiger partial charge in [-0.2, -0.15) is 10.2 Å². The number of H-pyrrole nitrogens is 2. The molecule has 0 spiro atoms. The largest absolute Gasteiger partial charge is 2.00 e. The van der Waals surface area contributed by atoms with Crippen LogP contribution in [0.1, 0.15) is 11.4 Å². The van der Waals surface area contributed by atoms with E-state index in [0.29, 0.717) is 22.8 Å². The first-order valence-corrected chi connectivity index (χ1v) is 17.9. The zero-order valence-electron chi connectivity index (χ0n) is 29.5. The van der Waals surface area contributed by atoms with Crippen molar-refractivity contribution in [3.05, 3.63) is 129 Å². The molecule has 2 heterocycles. The molecule has 0 aliphatic heterocycles. The molecular weight excluding hydrogens is 821 g/mol. The summed E-state index contributed by atoms with van der Waals surface area (Å²) < 4.78 is 48.1. The minimum atomic E-state index is -3.99. The zero-order valence-corrected chi connectivity index (χ0v) is 36.2. The predicted molar refractivity (Wildman–Crippen MR) is 185 cm³/mol. The molecule has 4 aromatic carbocycles. The Balaban J connectivity index is 0.000000360. The number of nitrogens with one attached hydrogen (secondary N) is 2. The molecule has 23 heteroatoms. The van der Waals surface area contributed by atoms with Crippen LogP contribution < -0.4 is 90.7 Å². The maximum Gasteiger partial charge on any atom is 2.00 e. The van der Waals surface area contributed by atoms with E-state index in [0.717, 1.165) is 36.4 Å². The van der Waals surface area contributed by atoms with Crippen LogP contribution in [-0.4, -0.2) is 36.4 Å². The third kappa shape index (κ3) is 11.5. The van der Waals surface area contributed by atoms with Gasteiger partial charge in [-0.05, 0) is 62.4 Å². The standard InChI is InChI=1S/2C16H15N5O4S.Co.2Na/c2*1-10-15(16(23)21(20-10)11-5-3-2-4-6-11)19-18-13-9-12(26(17,24)25)7-8-14(13)22;;;/h2*2-9,20,22H,1H3,(H2,17,24,25);;;/q;;+2;2*+1/p-2. The van der Waals surface area contributed by atoms with E-state index in [1.165, 1.54) is 9.36 Å². The van der Waals surface area contributed by atoms with Crippen molar-refractivity contribution in [1.82, 2.24) is 19.6 Å². The molecule has 2 aromatic heterocycles. The first-order valence-electron chi connectivity index (χ1n) is 14.8.